The molecule has 3 aromatic heterocycles. The third-order valence-electron chi connectivity index (χ3n) is 8.27. The molecule has 0 atom stereocenters. The van der Waals surface area contributed by atoms with Crippen molar-refractivity contribution in [1.82, 2.24) is 4.40 Å². The number of fused-ring (bicyclic) bond motifs is 5. The third kappa shape index (κ3) is 2.28. The fraction of sp³-hybridized carbons (Fsp3) is 0.300. The summed E-state index contributed by atoms with van der Waals surface area (Å²) < 4.78 is 4.92. The molecule has 1 fully saturated rings. The molecule has 0 amide bonds. The van der Waals surface area contributed by atoms with Gasteiger partial charge < -0.3 is 4.40 Å². The Morgan fingerprint density at radius 3 is 2.50 bits per heavy atom. The van der Waals surface area contributed by atoms with Crippen LogP contribution in [0, 0.1) is 13.8 Å². The van der Waals surface area contributed by atoms with Crippen molar-refractivity contribution in [1.29, 1.82) is 0 Å². The lowest BCUT2D eigenvalue weighted by atomic mass is 9.83. The molecule has 1 aliphatic rings. The standard InChI is InChI=1S/C30H29N2/c1-18-15-24-23-11-7-8-12-25(23)32-26-17-22(20-9-5-4-6-10-20)16-21-13-14-31(3)30(28(21)26)27(19(18)2)29(24)32/h7-8,11-17,20H,4-6,9-10H2,1-3H3/q+1. The zero-order valence-electron chi connectivity index (χ0n) is 19.2. The molecule has 2 heteroatoms. The number of hydrogen-bond acceptors (Lipinski definition) is 0. The monoisotopic (exact) mass is 417 g/mol. The molecule has 0 aliphatic heterocycles. The molecule has 0 spiro atoms. The van der Waals surface area contributed by atoms with Crippen LogP contribution in [-0.2, 0) is 7.05 Å². The van der Waals surface area contributed by atoms with Crippen LogP contribution < -0.4 is 4.57 Å². The normalized spacial score (nSPS) is 15.8. The van der Waals surface area contributed by atoms with Gasteiger partial charge in [0.05, 0.1) is 27.3 Å². The van der Waals surface area contributed by atoms with E-state index < -0.39 is 0 Å². The van der Waals surface area contributed by atoms with Gasteiger partial charge in [0, 0.05) is 16.8 Å². The molecule has 0 saturated heterocycles. The summed E-state index contributed by atoms with van der Waals surface area (Å²) >= 11 is 0. The van der Waals surface area contributed by atoms with Crippen LogP contribution in [0.1, 0.15) is 54.7 Å². The molecule has 0 bridgehead atoms. The van der Waals surface area contributed by atoms with E-state index in [9.17, 15) is 0 Å². The van der Waals surface area contributed by atoms with Crippen LogP contribution in [0.2, 0.25) is 0 Å². The summed E-state index contributed by atoms with van der Waals surface area (Å²) in [6, 6.07) is 18.7. The Kier molecular flexibility index (Phi) is 3.72. The topological polar surface area (TPSA) is 8.29 Å². The second kappa shape index (κ2) is 6.45. The second-order valence-electron chi connectivity index (χ2n) is 10.1. The summed E-state index contributed by atoms with van der Waals surface area (Å²) in [6.07, 6.45) is 9.05. The highest BCUT2D eigenvalue weighted by Crippen LogP contribution is 2.43. The Morgan fingerprint density at radius 1 is 0.844 bits per heavy atom. The van der Waals surface area contributed by atoms with Gasteiger partial charge >= 0.3 is 0 Å². The maximum atomic E-state index is 2.58. The van der Waals surface area contributed by atoms with Gasteiger partial charge in [-0.25, -0.2) is 4.57 Å². The van der Waals surface area contributed by atoms with E-state index in [2.05, 4.69) is 84.6 Å². The quantitative estimate of drug-likeness (QED) is 0.149. The van der Waals surface area contributed by atoms with Gasteiger partial charge in [-0.1, -0.05) is 43.5 Å². The van der Waals surface area contributed by atoms with E-state index in [-0.39, 0.29) is 0 Å². The molecule has 32 heavy (non-hydrogen) atoms. The Balaban J connectivity index is 1.79. The van der Waals surface area contributed by atoms with E-state index in [1.54, 1.807) is 0 Å². The van der Waals surface area contributed by atoms with Gasteiger partial charge in [0.15, 0.2) is 6.20 Å². The first-order chi connectivity index (χ1) is 15.6. The maximum absolute atomic E-state index is 2.58. The molecule has 0 unspecified atom stereocenters. The summed E-state index contributed by atoms with van der Waals surface area (Å²) in [6.45, 7) is 4.56. The molecular formula is C30H29N2+. The summed E-state index contributed by atoms with van der Waals surface area (Å²) in [7, 11) is 2.21. The number of nitrogens with zero attached hydrogens (tertiary/aromatic N) is 2. The van der Waals surface area contributed by atoms with Crippen LogP contribution in [-0.4, -0.2) is 4.40 Å². The molecule has 2 nitrogen and oxygen atoms in total. The molecule has 0 N–H and O–H groups in total. The lowest BCUT2D eigenvalue weighted by Crippen LogP contribution is -2.29. The van der Waals surface area contributed by atoms with E-state index in [1.165, 1.54) is 97.8 Å². The van der Waals surface area contributed by atoms with Crippen LogP contribution in [0.3, 0.4) is 0 Å². The van der Waals surface area contributed by atoms with E-state index >= 15 is 0 Å². The molecule has 3 heterocycles. The largest absolute Gasteiger partial charge is 0.307 e. The lowest BCUT2D eigenvalue weighted by molar-refractivity contribution is -0.643. The number of para-hydroxylation sites is 1. The highest BCUT2D eigenvalue weighted by atomic mass is 15.0. The number of rotatable bonds is 1. The summed E-state index contributed by atoms with van der Waals surface area (Å²) in [5, 5.41) is 6.93. The van der Waals surface area contributed by atoms with Gasteiger partial charge in [0.2, 0.25) is 5.52 Å². The van der Waals surface area contributed by atoms with E-state index in [0.29, 0.717) is 5.92 Å². The SMILES string of the molecule is Cc1cc2c3ccccc3n3c4cc(C5CCCCC5)cc5cc[n+](C)c(c(c1C)c23)c54. The number of aryl methyl sites for hydroxylation is 3. The van der Waals surface area contributed by atoms with Crippen molar-refractivity contribution in [2.75, 3.05) is 0 Å². The average Bonchev–Trinajstić information content (AvgIpc) is 3.15. The molecular weight excluding hydrogens is 388 g/mol. The zero-order valence-corrected chi connectivity index (χ0v) is 19.2. The van der Waals surface area contributed by atoms with Gasteiger partial charge in [-0.2, -0.15) is 0 Å². The summed E-state index contributed by atoms with van der Waals surface area (Å²) in [4.78, 5) is 0. The van der Waals surface area contributed by atoms with Gasteiger partial charge in [0.1, 0.15) is 7.05 Å². The number of hydrogen-bond donors (Lipinski definition) is 0. The van der Waals surface area contributed by atoms with Gasteiger partial charge in [0.25, 0.3) is 0 Å². The lowest BCUT2D eigenvalue weighted by Gasteiger charge is -2.23. The summed E-state index contributed by atoms with van der Waals surface area (Å²) in [5.74, 6) is 0.695. The first kappa shape index (κ1) is 18.4. The van der Waals surface area contributed by atoms with Crippen molar-refractivity contribution in [3.8, 4) is 0 Å². The Hall–Kier alpha value is -3.13. The molecule has 158 valence electrons. The van der Waals surface area contributed by atoms with Crippen molar-refractivity contribution in [3.05, 3.63) is 71.4 Å². The fourth-order valence-electron chi connectivity index (χ4n) is 6.55. The molecule has 6 aromatic rings. The third-order valence-corrected chi connectivity index (χ3v) is 8.27. The molecule has 3 aromatic carbocycles. The van der Waals surface area contributed by atoms with Crippen LogP contribution >= 0.6 is 0 Å². The van der Waals surface area contributed by atoms with Crippen molar-refractivity contribution in [3.63, 3.8) is 0 Å². The average molecular weight is 418 g/mol. The van der Waals surface area contributed by atoms with Crippen LogP contribution in [0.15, 0.2) is 54.7 Å². The van der Waals surface area contributed by atoms with Crippen LogP contribution in [0.4, 0.5) is 0 Å². The first-order valence-corrected chi connectivity index (χ1v) is 12.1. The Bertz CT molecular complexity index is 1680. The van der Waals surface area contributed by atoms with Crippen LogP contribution in [0.25, 0.3) is 49.0 Å². The number of benzene rings is 3. The number of pyridine rings is 2. The molecule has 7 rings (SSSR count). The van der Waals surface area contributed by atoms with Gasteiger partial charge in [-0.05, 0) is 72.9 Å². The zero-order chi connectivity index (χ0) is 21.6. The molecule has 1 saturated carbocycles. The first-order valence-electron chi connectivity index (χ1n) is 12.1. The minimum Gasteiger partial charge on any atom is -0.307 e. The predicted octanol–water partition coefficient (Wildman–Crippen LogP) is 7.48. The van der Waals surface area contributed by atoms with Crippen LogP contribution in [0.5, 0.6) is 0 Å². The highest BCUT2D eigenvalue weighted by molar-refractivity contribution is 6.26. The summed E-state index contributed by atoms with van der Waals surface area (Å²) in [5.41, 5.74) is 9.75. The Morgan fingerprint density at radius 2 is 1.66 bits per heavy atom. The van der Waals surface area contributed by atoms with E-state index in [4.69, 9.17) is 0 Å². The smallest absolute Gasteiger partial charge is 0.224 e. The predicted molar refractivity (Wildman–Crippen MR) is 135 cm³/mol. The van der Waals surface area contributed by atoms with Crippen molar-refractivity contribution >= 4 is 49.0 Å². The van der Waals surface area contributed by atoms with Gasteiger partial charge in [-0.15, -0.1) is 0 Å². The van der Waals surface area contributed by atoms with Crippen molar-refractivity contribution < 1.29 is 4.57 Å². The van der Waals surface area contributed by atoms with Crippen molar-refractivity contribution in [2.45, 2.75) is 51.9 Å². The molecule has 0 radical (unpaired) electrons. The van der Waals surface area contributed by atoms with Crippen molar-refractivity contribution in [2.24, 2.45) is 7.05 Å². The van der Waals surface area contributed by atoms with E-state index in [1.807, 2.05) is 0 Å². The molecule has 1 aliphatic carbocycles. The van der Waals surface area contributed by atoms with Gasteiger partial charge in [-0.3, -0.25) is 0 Å². The highest BCUT2D eigenvalue weighted by Gasteiger charge is 2.26. The second-order valence-corrected chi connectivity index (χ2v) is 10.1. The maximum Gasteiger partial charge on any atom is 0.224 e. The number of aromatic nitrogens is 2. The minimum atomic E-state index is 0.695. The Labute approximate surface area is 188 Å². The fourth-order valence-corrected chi connectivity index (χ4v) is 6.55. The van der Waals surface area contributed by atoms with E-state index in [0.717, 1.165) is 0 Å². The minimum absolute atomic E-state index is 0.695.